The zero-order chi connectivity index (χ0) is 15.1. The van der Waals surface area contributed by atoms with Crippen LogP contribution in [0.4, 0.5) is 17.8 Å². The molecule has 0 saturated heterocycles. The van der Waals surface area contributed by atoms with E-state index in [0.717, 1.165) is 25.3 Å². The number of hydrogen-bond acceptors (Lipinski definition) is 7. The summed E-state index contributed by atoms with van der Waals surface area (Å²) in [6.45, 7) is 8.04. The summed E-state index contributed by atoms with van der Waals surface area (Å²) in [5.74, 6) is 2.63. The van der Waals surface area contributed by atoms with E-state index in [1.807, 2.05) is 18.8 Å². The standard InChI is InChI=1S/C13H26N6S/c1-6-10(9-20-5)18(4)12-15-11(14)16-13(17-12)19(7-2)8-3/h10H,6-9H2,1-5H3,(H2,14,15,16,17). The number of thioether (sulfide) groups is 1. The van der Waals surface area contributed by atoms with Crippen molar-refractivity contribution in [3.63, 3.8) is 0 Å². The van der Waals surface area contributed by atoms with E-state index in [0.29, 0.717) is 17.9 Å². The normalized spacial score (nSPS) is 12.2. The molecule has 0 amide bonds. The molecule has 114 valence electrons. The molecule has 6 nitrogen and oxygen atoms in total. The third-order valence-corrected chi connectivity index (χ3v) is 4.09. The van der Waals surface area contributed by atoms with Gasteiger partial charge in [0.1, 0.15) is 0 Å². The lowest BCUT2D eigenvalue weighted by molar-refractivity contribution is 0.654. The number of anilines is 3. The van der Waals surface area contributed by atoms with E-state index in [1.54, 1.807) is 0 Å². The topological polar surface area (TPSA) is 71.2 Å². The van der Waals surface area contributed by atoms with Crippen molar-refractivity contribution in [3.05, 3.63) is 0 Å². The summed E-state index contributed by atoms with van der Waals surface area (Å²) >= 11 is 1.83. The van der Waals surface area contributed by atoms with Gasteiger partial charge in [-0.05, 0) is 26.5 Å². The van der Waals surface area contributed by atoms with Crippen molar-refractivity contribution in [2.75, 3.05) is 47.7 Å². The van der Waals surface area contributed by atoms with Gasteiger partial charge in [0.25, 0.3) is 0 Å². The third-order valence-electron chi connectivity index (χ3n) is 3.37. The van der Waals surface area contributed by atoms with Crippen LogP contribution in [0.5, 0.6) is 0 Å². The Kier molecular flexibility index (Phi) is 6.84. The van der Waals surface area contributed by atoms with Gasteiger partial charge >= 0.3 is 0 Å². The van der Waals surface area contributed by atoms with Crippen molar-refractivity contribution in [2.45, 2.75) is 33.2 Å². The summed E-state index contributed by atoms with van der Waals surface area (Å²) in [5, 5.41) is 0. The Bertz CT molecular complexity index is 410. The fourth-order valence-corrected chi connectivity index (χ4v) is 2.88. The molecule has 0 aliphatic carbocycles. The number of nitrogens with zero attached hydrogens (tertiary/aromatic N) is 5. The summed E-state index contributed by atoms with van der Waals surface area (Å²) in [6.07, 6.45) is 3.16. The van der Waals surface area contributed by atoms with Gasteiger partial charge in [-0.25, -0.2) is 0 Å². The molecular formula is C13H26N6S. The molecule has 1 rings (SSSR count). The highest BCUT2D eigenvalue weighted by Gasteiger charge is 2.18. The largest absolute Gasteiger partial charge is 0.368 e. The van der Waals surface area contributed by atoms with Gasteiger partial charge in [0.05, 0.1) is 0 Å². The minimum Gasteiger partial charge on any atom is -0.368 e. The van der Waals surface area contributed by atoms with Crippen molar-refractivity contribution < 1.29 is 0 Å². The fraction of sp³-hybridized carbons (Fsp3) is 0.769. The van der Waals surface area contributed by atoms with E-state index < -0.39 is 0 Å². The van der Waals surface area contributed by atoms with Gasteiger partial charge in [-0.2, -0.15) is 26.7 Å². The van der Waals surface area contributed by atoms with Crippen molar-refractivity contribution in [1.29, 1.82) is 0 Å². The zero-order valence-electron chi connectivity index (χ0n) is 13.1. The van der Waals surface area contributed by atoms with Crippen molar-refractivity contribution >= 4 is 29.6 Å². The molecule has 1 unspecified atom stereocenters. The van der Waals surface area contributed by atoms with E-state index >= 15 is 0 Å². The monoisotopic (exact) mass is 298 g/mol. The van der Waals surface area contributed by atoms with Gasteiger partial charge in [0.2, 0.25) is 17.8 Å². The number of aromatic nitrogens is 3. The van der Waals surface area contributed by atoms with Gasteiger partial charge in [0, 0.05) is 31.9 Å². The molecule has 0 aromatic carbocycles. The fourth-order valence-electron chi connectivity index (χ4n) is 2.03. The molecule has 0 aliphatic heterocycles. The van der Waals surface area contributed by atoms with Gasteiger partial charge in [-0.1, -0.05) is 6.92 Å². The maximum absolute atomic E-state index is 5.84. The number of nitrogen functional groups attached to an aromatic ring is 1. The predicted molar refractivity (Wildman–Crippen MR) is 88.7 cm³/mol. The lowest BCUT2D eigenvalue weighted by Gasteiger charge is -2.28. The molecule has 0 spiro atoms. The molecule has 1 heterocycles. The first-order chi connectivity index (χ1) is 9.57. The van der Waals surface area contributed by atoms with Crippen molar-refractivity contribution in [3.8, 4) is 0 Å². The quantitative estimate of drug-likeness (QED) is 0.785. The molecule has 20 heavy (non-hydrogen) atoms. The molecule has 2 N–H and O–H groups in total. The van der Waals surface area contributed by atoms with E-state index in [-0.39, 0.29) is 5.95 Å². The van der Waals surface area contributed by atoms with Crippen LogP contribution in [0, 0.1) is 0 Å². The van der Waals surface area contributed by atoms with E-state index in [2.05, 4.69) is 51.8 Å². The second-order valence-corrected chi connectivity index (χ2v) is 5.50. The summed E-state index contributed by atoms with van der Waals surface area (Å²) in [7, 11) is 2.02. The molecule has 7 heteroatoms. The molecule has 0 radical (unpaired) electrons. The molecule has 0 saturated carbocycles. The first kappa shape index (κ1) is 16.8. The molecular weight excluding hydrogens is 272 g/mol. The molecule has 0 fully saturated rings. The van der Waals surface area contributed by atoms with Crippen LogP contribution in [0.15, 0.2) is 0 Å². The molecule has 1 aromatic heterocycles. The van der Waals surface area contributed by atoms with Crippen molar-refractivity contribution in [1.82, 2.24) is 15.0 Å². The van der Waals surface area contributed by atoms with Gasteiger partial charge < -0.3 is 15.5 Å². The summed E-state index contributed by atoms with van der Waals surface area (Å²) in [4.78, 5) is 17.3. The zero-order valence-corrected chi connectivity index (χ0v) is 13.9. The highest BCUT2D eigenvalue weighted by molar-refractivity contribution is 7.98. The van der Waals surface area contributed by atoms with Crippen LogP contribution in [0.25, 0.3) is 0 Å². The number of rotatable bonds is 8. The van der Waals surface area contributed by atoms with Crippen LogP contribution < -0.4 is 15.5 Å². The highest BCUT2D eigenvalue weighted by atomic mass is 32.2. The van der Waals surface area contributed by atoms with E-state index in [9.17, 15) is 0 Å². The van der Waals surface area contributed by atoms with E-state index in [1.165, 1.54) is 0 Å². The summed E-state index contributed by atoms with van der Waals surface area (Å²) in [5.41, 5.74) is 5.84. The SMILES string of the molecule is CCC(CSC)N(C)c1nc(N)nc(N(CC)CC)n1. The van der Waals surface area contributed by atoms with Crippen LogP contribution >= 0.6 is 11.8 Å². The average Bonchev–Trinajstić information content (AvgIpc) is 2.44. The predicted octanol–water partition coefficient (Wildman–Crippen LogP) is 1.88. The molecule has 1 atom stereocenters. The van der Waals surface area contributed by atoms with Crippen LogP contribution in [0.1, 0.15) is 27.2 Å². The summed E-state index contributed by atoms with van der Waals surface area (Å²) < 4.78 is 0. The Balaban J connectivity index is 3.05. The highest BCUT2D eigenvalue weighted by Crippen LogP contribution is 2.18. The lowest BCUT2D eigenvalue weighted by atomic mass is 10.2. The number of nitrogens with two attached hydrogens (primary N) is 1. The molecule has 1 aromatic rings. The second-order valence-electron chi connectivity index (χ2n) is 4.59. The van der Waals surface area contributed by atoms with Gasteiger partial charge in [-0.15, -0.1) is 0 Å². The Morgan fingerprint density at radius 3 is 2.20 bits per heavy atom. The third kappa shape index (κ3) is 4.13. The Morgan fingerprint density at radius 2 is 1.70 bits per heavy atom. The maximum atomic E-state index is 5.84. The molecule has 0 bridgehead atoms. The Morgan fingerprint density at radius 1 is 1.10 bits per heavy atom. The number of hydrogen-bond donors (Lipinski definition) is 1. The lowest BCUT2D eigenvalue weighted by Crippen LogP contribution is -2.35. The minimum absolute atomic E-state index is 0.280. The summed E-state index contributed by atoms with van der Waals surface area (Å²) in [6, 6.07) is 0.399. The van der Waals surface area contributed by atoms with Gasteiger partial charge in [0.15, 0.2) is 0 Å². The second kappa shape index (κ2) is 8.14. The first-order valence-corrected chi connectivity index (χ1v) is 8.44. The smallest absolute Gasteiger partial charge is 0.231 e. The van der Waals surface area contributed by atoms with Crippen LogP contribution in [-0.4, -0.2) is 53.1 Å². The molecule has 0 aliphatic rings. The first-order valence-electron chi connectivity index (χ1n) is 7.05. The van der Waals surface area contributed by atoms with Gasteiger partial charge in [-0.3, -0.25) is 0 Å². The average molecular weight is 298 g/mol. The Hall–Kier alpha value is -1.24. The van der Waals surface area contributed by atoms with E-state index in [4.69, 9.17) is 5.73 Å². The maximum Gasteiger partial charge on any atom is 0.231 e. The van der Waals surface area contributed by atoms with Crippen LogP contribution in [0.2, 0.25) is 0 Å². The van der Waals surface area contributed by atoms with Crippen molar-refractivity contribution in [2.24, 2.45) is 0 Å². The van der Waals surface area contributed by atoms with Crippen LogP contribution in [-0.2, 0) is 0 Å². The Labute approximate surface area is 126 Å². The van der Waals surface area contributed by atoms with Crippen LogP contribution in [0.3, 0.4) is 0 Å². The minimum atomic E-state index is 0.280.